The van der Waals surface area contributed by atoms with Crippen molar-refractivity contribution < 1.29 is 4.79 Å². The zero-order valence-electron chi connectivity index (χ0n) is 5.98. The van der Waals surface area contributed by atoms with E-state index in [-0.39, 0.29) is 11.5 Å². The van der Waals surface area contributed by atoms with Crippen LogP contribution >= 0.6 is 0 Å². The Kier molecular flexibility index (Phi) is 1.35. The van der Waals surface area contributed by atoms with E-state index >= 15 is 0 Å². The largest absolute Gasteiger partial charge is 0.327 e. The van der Waals surface area contributed by atoms with Gasteiger partial charge in [0.2, 0.25) is 0 Å². The summed E-state index contributed by atoms with van der Waals surface area (Å²) in [5.41, 5.74) is 5.43. The Morgan fingerprint density at radius 1 is 1.67 bits per heavy atom. The first kappa shape index (κ1) is 6.75. The smallest absolute Gasteiger partial charge is 0.140 e. The molecule has 2 N–H and O–H groups in total. The van der Waals surface area contributed by atoms with E-state index in [2.05, 4.69) is 0 Å². The van der Waals surface area contributed by atoms with Gasteiger partial charge in [-0.25, -0.2) is 0 Å². The van der Waals surface area contributed by atoms with Gasteiger partial charge in [0.15, 0.2) is 0 Å². The topological polar surface area (TPSA) is 43.1 Å². The lowest BCUT2D eigenvalue weighted by Gasteiger charge is -2.20. The lowest BCUT2D eigenvalue weighted by molar-refractivity contribution is -0.124. The summed E-state index contributed by atoms with van der Waals surface area (Å²) in [6.07, 6.45) is 1.54. The SMILES string of the molecule is CC1(C)C(=O)CCC1N. The number of ketones is 1. The summed E-state index contributed by atoms with van der Waals surface area (Å²) in [6, 6.07) is 0.0880. The van der Waals surface area contributed by atoms with E-state index < -0.39 is 0 Å². The maximum absolute atomic E-state index is 11.0. The Labute approximate surface area is 55.4 Å². The molecule has 9 heavy (non-hydrogen) atoms. The third-order valence-electron chi connectivity index (χ3n) is 2.33. The lowest BCUT2D eigenvalue weighted by atomic mass is 9.87. The number of carbonyl (C=O) groups is 1. The summed E-state index contributed by atoms with van der Waals surface area (Å²) in [7, 11) is 0. The zero-order valence-corrected chi connectivity index (χ0v) is 5.98. The Balaban J connectivity index is 2.78. The normalized spacial score (nSPS) is 33.2. The zero-order chi connectivity index (χ0) is 7.07. The maximum Gasteiger partial charge on any atom is 0.140 e. The summed E-state index contributed by atoms with van der Waals surface area (Å²) in [4.78, 5) is 11.0. The van der Waals surface area contributed by atoms with Crippen molar-refractivity contribution >= 4 is 5.78 Å². The molecule has 0 spiro atoms. The Hall–Kier alpha value is -0.370. The molecule has 0 aromatic carbocycles. The summed E-state index contributed by atoms with van der Waals surface area (Å²) < 4.78 is 0. The van der Waals surface area contributed by atoms with Crippen LogP contribution in [0.15, 0.2) is 0 Å². The van der Waals surface area contributed by atoms with Crippen LogP contribution in [0, 0.1) is 5.41 Å². The van der Waals surface area contributed by atoms with Crippen molar-refractivity contribution in [3.63, 3.8) is 0 Å². The molecule has 0 aliphatic heterocycles. The maximum atomic E-state index is 11.0. The molecular formula is C7H13NO. The summed E-state index contributed by atoms with van der Waals surface area (Å²) in [5, 5.41) is 0. The second kappa shape index (κ2) is 1.81. The first-order chi connectivity index (χ1) is 4.05. The average molecular weight is 127 g/mol. The summed E-state index contributed by atoms with van der Waals surface area (Å²) in [6.45, 7) is 3.85. The van der Waals surface area contributed by atoms with E-state index in [1.807, 2.05) is 13.8 Å². The van der Waals surface area contributed by atoms with Gasteiger partial charge in [0.05, 0.1) is 0 Å². The van der Waals surface area contributed by atoms with Gasteiger partial charge in [0.1, 0.15) is 5.78 Å². The van der Waals surface area contributed by atoms with E-state index in [0.717, 1.165) is 6.42 Å². The van der Waals surface area contributed by atoms with Gasteiger partial charge >= 0.3 is 0 Å². The van der Waals surface area contributed by atoms with Gasteiger partial charge in [-0.3, -0.25) is 4.79 Å². The molecule has 0 aromatic heterocycles. The molecule has 1 aliphatic rings. The van der Waals surface area contributed by atoms with Crippen LogP contribution in [0.3, 0.4) is 0 Å². The number of nitrogens with two attached hydrogens (primary N) is 1. The van der Waals surface area contributed by atoms with Gasteiger partial charge in [-0.15, -0.1) is 0 Å². The molecule has 0 amide bonds. The van der Waals surface area contributed by atoms with E-state index in [0.29, 0.717) is 12.2 Å². The Bertz CT molecular complexity index is 140. The number of carbonyl (C=O) groups excluding carboxylic acids is 1. The third kappa shape index (κ3) is 0.874. The summed E-state index contributed by atoms with van der Waals surface area (Å²) in [5.74, 6) is 0.315. The first-order valence-electron chi connectivity index (χ1n) is 3.34. The molecule has 0 aromatic rings. The minimum atomic E-state index is -0.250. The molecule has 0 radical (unpaired) electrons. The van der Waals surface area contributed by atoms with Crippen LogP contribution in [0.1, 0.15) is 26.7 Å². The quantitative estimate of drug-likeness (QED) is 0.520. The van der Waals surface area contributed by atoms with Crippen LogP contribution in [0.25, 0.3) is 0 Å². The molecule has 0 heterocycles. The van der Waals surface area contributed by atoms with Crippen molar-refractivity contribution in [2.45, 2.75) is 32.7 Å². The summed E-state index contributed by atoms with van der Waals surface area (Å²) >= 11 is 0. The average Bonchev–Trinajstić information content (AvgIpc) is 1.96. The van der Waals surface area contributed by atoms with E-state index in [1.54, 1.807) is 0 Å². The predicted molar refractivity (Wildman–Crippen MR) is 36.0 cm³/mol. The molecule has 0 saturated heterocycles. The molecule has 1 atom stereocenters. The molecule has 1 rings (SSSR count). The van der Waals surface area contributed by atoms with E-state index in [9.17, 15) is 4.79 Å². The van der Waals surface area contributed by atoms with Crippen molar-refractivity contribution in [3.05, 3.63) is 0 Å². The van der Waals surface area contributed by atoms with Crippen LogP contribution in [0.2, 0.25) is 0 Å². The second-order valence-electron chi connectivity index (χ2n) is 3.29. The fraction of sp³-hybridized carbons (Fsp3) is 0.857. The van der Waals surface area contributed by atoms with Crippen LogP contribution in [0.4, 0.5) is 0 Å². The molecule has 2 nitrogen and oxygen atoms in total. The molecule has 52 valence electrons. The fourth-order valence-corrected chi connectivity index (χ4v) is 1.18. The molecule has 0 bridgehead atoms. The van der Waals surface area contributed by atoms with Crippen LogP contribution in [-0.4, -0.2) is 11.8 Å². The molecule has 1 unspecified atom stereocenters. The molecule has 1 fully saturated rings. The van der Waals surface area contributed by atoms with Crippen molar-refractivity contribution in [1.29, 1.82) is 0 Å². The van der Waals surface area contributed by atoms with Gasteiger partial charge in [-0.1, -0.05) is 13.8 Å². The van der Waals surface area contributed by atoms with Crippen LogP contribution in [0.5, 0.6) is 0 Å². The number of Topliss-reactive ketones (excluding diaryl/α,β-unsaturated/α-hetero) is 1. The number of rotatable bonds is 0. The van der Waals surface area contributed by atoms with Crippen LogP contribution in [-0.2, 0) is 4.79 Å². The van der Waals surface area contributed by atoms with Gasteiger partial charge in [-0.2, -0.15) is 0 Å². The highest BCUT2D eigenvalue weighted by Gasteiger charge is 2.39. The molecule has 1 aliphatic carbocycles. The van der Waals surface area contributed by atoms with Gasteiger partial charge < -0.3 is 5.73 Å². The Morgan fingerprint density at radius 3 is 2.33 bits per heavy atom. The van der Waals surface area contributed by atoms with Crippen LogP contribution < -0.4 is 5.73 Å². The second-order valence-corrected chi connectivity index (χ2v) is 3.29. The minimum Gasteiger partial charge on any atom is -0.327 e. The Morgan fingerprint density at radius 2 is 2.22 bits per heavy atom. The highest BCUT2D eigenvalue weighted by atomic mass is 16.1. The number of hydrogen-bond donors (Lipinski definition) is 1. The monoisotopic (exact) mass is 127 g/mol. The highest BCUT2D eigenvalue weighted by molar-refractivity contribution is 5.87. The number of hydrogen-bond acceptors (Lipinski definition) is 2. The van der Waals surface area contributed by atoms with Crippen molar-refractivity contribution in [3.8, 4) is 0 Å². The highest BCUT2D eigenvalue weighted by Crippen LogP contribution is 2.32. The molecular weight excluding hydrogens is 114 g/mol. The lowest BCUT2D eigenvalue weighted by Crippen LogP contribution is -2.35. The van der Waals surface area contributed by atoms with Gasteiger partial charge in [0.25, 0.3) is 0 Å². The van der Waals surface area contributed by atoms with Gasteiger partial charge in [0, 0.05) is 17.9 Å². The predicted octanol–water partition coefficient (Wildman–Crippen LogP) is 0.703. The molecule has 2 heteroatoms. The van der Waals surface area contributed by atoms with Crippen molar-refractivity contribution in [2.75, 3.05) is 0 Å². The van der Waals surface area contributed by atoms with E-state index in [1.165, 1.54) is 0 Å². The third-order valence-corrected chi connectivity index (χ3v) is 2.33. The first-order valence-corrected chi connectivity index (χ1v) is 3.34. The fourth-order valence-electron chi connectivity index (χ4n) is 1.18. The minimum absolute atomic E-state index is 0.0880. The van der Waals surface area contributed by atoms with Crippen molar-refractivity contribution in [1.82, 2.24) is 0 Å². The standard InChI is InChI=1S/C7H13NO/c1-7(2)5(8)3-4-6(7)9/h5H,3-4,8H2,1-2H3. The van der Waals surface area contributed by atoms with E-state index in [4.69, 9.17) is 5.73 Å². The van der Waals surface area contributed by atoms with Crippen molar-refractivity contribution in [2.24, 2.45) is 11.1 Å². The molecule has 1 saturated carbocycles. The van der Waals surface area contributed by atoms with Gasteiger partial charge in [-0.05, 0) is 6.42 Å².